The molecule has 2 aromatic carbocycles. The zero-order chi connectivity index (χ0) is 12.0. The third-order valence-corrected chi connectivity index (χ3v) is 2.22. The molecular weight excluding hydrogens is 200 g/mol. The van der Waals surface area contributed by atoms with Gasteiger partial charge in [0.15, 0.2) is 12.6 Å². The van der Waals surface area contributed by atoms with Gasteiger partial charge in [-0.2, -0.15) is 0 Å². The summed E-state index contributed by atoms with van der Waals surface area (Å²) in [5.41, 5.74) is 1.12. The first-order valence-electron chi connectivity index (χ1n) is 5.29. The molecule has 0 saturated heterocycles. The standard InChI is InChI=1S/C12H8O2.C2H6/c13-7-10-5-1-3-9-4-2-6-11(8-14)12(9)10;1-2/h1-8H;1-2H3. The molecule has 82 valence electrons. The normalized spacial score (nSPS) is 9.12. The van der Waals surface area contributed by atoms with E-state index in [1.165, 1.54) is 0 Å². The van der Waals surface area contributed by atoms with Crippen molar-refractivity contribution in [3.8, 4) is 0 Å². The number of carbonyl (C=O) groups excluding carboxylic acids is 2. The summed E-state index contributed by atoms with van der Waals surface area (Å²) in [5, 5.41) is 1.65. The third kappa shape index (κ3) is 2.16. The van der Waals surface area contributed by atoms with Crippen molar-refractivity contribution >= 4 is 23.3 Å². The monoisotopic (exact) mass is 214 g/mol. The molecule has 0 amide bonds. The summed E-state index contributed by atoms with van der Waals surface area (Å²) in [4.78, 5) is 21.5. The molecule has 2 heteroatoms. The lowest BCUT2D eigenvalue weighted by molar-refractivity contribution is 0.112. The van der Waals surface area contributed by atoms with Gasteiger partial charge in [-0.3, -0.25) is 9.59 Å². The quantitative estimate of drug-likeness (QED) is 0.717. The largest absolute Gasteiger partial charge is 0.298 e. The van der Waals surface area contributed by atoms with E-state index in [0.29, 0.717) is 11.1 Å². The van der Waals surface area contributed by atoms with Crippen LogP contribution in [-0.2, 0) is 0 Å². The number of aldehydes is 2. The van der Waals surface area contributed by atoms with Gasteiger partial charge in [0.2, 0.25) is 0 Å². The van der Waals surface area contributed by atoms with Crippen LogP contribution in [0.4, 0.5) is 0 Å². The molecule has 0 aliphatic rings. The number of hydrogen-bond acceptors (Lipinski definition) is 2. The predicted octanol–water partition coefficient (Wildman–Crippen LogP) is 3.49. The van der Waals surface area contributed by atoms with Crippen LogP contribution in [-0.4, -0.2) is 12.6 Å². The third-order valence-electron chi connectivity index (χ3n) is 2.22. The summed E-state index contributed by atoms with van der Waals surface area (Å²) < 4.78 is 0. The van der Waals surface area contributed by atoms with Crippen LogP contribution < -0.4 is 0 Å². The Morgan fingerprint density at radius 2 is 1.25 bits per heavy atom. The Hall–Kier alpha value is -1.96. The molecule has 2 aromatic rings. The summed E-state index contributed by atoms with van der Waals surface area (Å²) in [6.07, 6.45) is 1.55. The van der Waals surface area contributed by atoms with Gasteiger partial charge >= 0.3 is 0 Å². The van der Waals surface area contributed by atoms with Crippen molar-refractivity contribution in [2.45, 2.75) is 13.8 Å². The Bertz CT molecular complexity index is 458. The Morgan fingerprint density at radius 3 is 1.62 bits per heavy atom. The highest BCUT2D eigenvalue weighted by atomic mass is 16.1. The number of fused-ring (bicyclic) bond motifs is 1. The van der Waals surface area contributed by atoms with Gasteiger partial charge in [0.25, 0.3) is 0 Å². The number of hydrogen-bond donors (Lipinski definition) is 0. The fourth-order valence-corrected chi connectivity index (χ4v) is 1.60. The van der Waals surface area contributed by atoms with Crippen molar-refractivity contribution in [3.63, 3.8) is 0 Å². The molecule has 2 rings (SSSR count). The van der Waals surface area contributed by atoms with Gasteiger partial charge in [0.1, 0.15) is 0 Å². The number of carbonyl (C=O) groups is 2. The fourth-order valence-electron chi connectivity index (χ4n) is 1.60. The maximum absolute atomic E-state index is 10.8. The van der Waals surface area contributed by atoms with Crippen LogP contribution in [0.2, 0.25) is 0 Å². The summed E-state index contributed by atoms with van der Waals surface area (Å²) >= 11 is 0. The Kier molecular flexibility index (Phi) is 4.40. The van der Waals surface area contributed by atoms with Gasteiger partial charge in [-0.1, -0.05) is 50.2 Å². The van der Waals surface area contributed by atoms with E-state index in [1.54, 1.807) is 24.3 Å². The lowest BCUT2D eigenvalue weighted by Crippen LogP contribution is -1.88. The molecule has 16 heavy (non-hydrogen) atoms. The lowest BCUT2D eigenvalue weighted by Gasteiger charge is -2.02. The van der Waals surface area contributed by atoms with Crippen molar-refractivity contribution in [1.82, 2.24) is 0 Å². The maximum Gasteiger partial charge on any atom is 0.150 e. The van der Waals surface area contributed by atoms with Crippen LogP contribution in [0, 0.1) is 0 Å². The predicted molar refractivity (Wildman–Crippen MR) is 66.1 cm³/mol. The number of benzene rings is 2. The molecule has 0 fully saturated rings. The summed E-state index contributed by atoms with van der Waals surface area (Å²) in [5.74, 6) is 0. The van der Waals surface area contributed by atoms with Crippen molar-refractivity contribution in [3.05, 3.63) is 47.5 Å². The van der Waals surface area contributed by atoms with Crippen LogP contribution in [0.15, 0.2) is 36.4 Å². The van der Waals surface area contributed by atoms with E-state index in [0.717, 1.165) is 23.3 Å². The first-order chi connectivity index (χ1) is 7.86. The highest BCUT2D eigenvalue weighted by molar-refractivity contribution is 6.06. The van der Waals surface area contributed by atoms with Crippen LogP contribution in [0.3, 0.4) is 0 Å². The minimum Gasteiger partial charge on any atom is -0.298 e. The molecule has 0 N–H and O–H groups in total. The molecule has 0 bridgehead atoms. The molecule has 2 nitrogen and oxygen atoms in total. The average Bonchev–Trinajstić information content (AvgIpc) is 2.39. The Labute approximate surface area is 94.9 Å². The van der Waals surface area contributed by atoms with E-state index >= 15 is 0 Å². The second-order valence-corrected chi connectivity index (χ2v) is 3.03. The SMILES string of the molecule is CC.O=Cc1cccc2cccc(C=O)c12. The van der Waals surface area contributed by atoms with Gasteiger partial charge in [-0.05, 0) is 5.39 Å². The molecule has 0 aliphatic carbocycles. The minimum absolute atomic E-state index is 0.560. The van der Waals surface area contributed by atoms with E-state index < -0.39 is 0 Å². The second-order valence-electron chi connectivity index (χ2n) is 3.03. The minimum atomic E-state index is 0.560. The molecule has 0 heterocycles. The molecule has 0 saturated carbocycles. The zero-order valence-corrected chi connectivity index (χ0v) is 9.44. The van der Waals surface area contributed by atoms with E-state index in [-0.39, 0.29) is 0 Å². The first kappa shape index (κ1) is 12.1. The average molecular weight is 214 g/mol. The lowest BCUT2D eigenvalue weighted by atomic mass is 10.0. The molecule has 0 unspecified atom stereocenters. The Morgan fingerprint density at radius 1 is 0.812 bits per heavy atom. The molecule has 0 spiro atoms. The Balaban J connectivity index is 0.000000606. The van der Waals surface area contributed by atoms with Gasteiger partial charge in [0.05, 0.1) is 0 Å². The zero-order valence-electron chi connectivity index (χ0n) is 9.44. The summed E-state index contributed by atoms with van der Waals surface area (Å²) in [6, 6.07) is 10.8. The van der Waals surface area contributed by atoms with E-state index in [9.17, 15) is 9.59 Å². The maximum atomic E-state index is 10.8. The second kappa shape index (κ2) is 5.81. The highest BCUT2D eigenvalue weighted by Crippen LogP contribution is 2.20. The fraction of sp³-hybridized carbons (Fsp3) is 0.143. The molecular formula is C14H14O2. The van der Waals surface area contributed by atoms with Crippen LogP contribution >= 0.6 is 0 Å². The van der Waals surface area contributed by atoms with Gasteiger partial charge < -0.3 is 0 Å². The van der Waals surface area contributed by atoms with Crippen LogP contribution in [0.5, 0.6) is 0 Å². The molecule has 0 radical (unpaired) electrons. The summed E-state index contributed by atoms with van der Waals surface area (Å²) in [7, 11) is 0. The van der Waals surface area contributed by atoms with Gasteiger partial charge in [-0.15, -0.1) is 0 Å². The van der Waals surface area contributed by atoms with E-state index in [2.05, 4.69) is 0 Å². The van der Waals surface area contributed by atoms with Gasteiger partial charge in [-0.25, -0.2) is 0 Å². The van der Waals surface area contributed by atoms with Crippen LogP contribution in [0.25, 0.3) is 10.8 Å². The van der Waals surface area contributed by atoms with Crippen molar-refractivity contribution in [2.75, 3.05) is 0 Å². The highest BCUT2D eigenvalue weighted by Gasteiger charge is 2.03. The van der Waals surface area contributed by atoms with Crippen LogP contribution in [0.1, 0.15) is 34.6 Å². The van der Waals surface area contributed by atoms with E-state index in [1.807, 2.05) is 26.0 Å². The van der Waals surface area contributed by atoms with Crippen molar-refractivity contribution < 1.29 is 9.59 Å². The molecule has 0 aliphatic heterocycles. The van der Waals surface area contributed by atoms with Crippen molar-refractivity contribution in [2.24, 2.45) is 0 Å². The molecule has 0 atom stereocenters. The smallest absolute Gasteiger partial charge is 0.150 e. The van der Waals surface area contributed by atoms with Gasteiger partial charge in [0, 0.05) is 16.5 Å². The van der Waals surface area contributed by atoms with E-state index in [4.69, 9.17) is 0 Å². The first-order valence-corrected chi connectivity index (χ1v) is 5.29. The topological polar surface area (TPSA) is 34.1 Å². The van der Waals surface area contributed by atoms with Crippen molar-refractivity contribution in [1.29, 1.82) is 0 Å². The summed E-state index contributed by atoms with van der Waals surface area (Å²) in [6.45, 7) is 4.00. The number of rotatable bonds is 2. The molecule has 0 aromatic heterocycles.